The first kappa shape index (κ1) is 12.0. The molecule has 0 atom stereocenters. The number of anilines is 1. The summed E-state index contributed by atoms with van der Waals surface area (Å²) in [5.41, 5.74) is 0.763. The fourth-order valence-electron chi connectivity index (χ4n) is 1.24. The molecule has 1 aromatic carbocycles. The Morgan fingerprint density at radius 2 is 2.06 bits per heavy atom. The van der Waals surface area contributed by atoms with Gasteiger partial charge in [-0.1, -0.05) is 28.4 Å². The van der Waals surface area contributed by atoms with Crippen molar-refractivity contribution in [3.63, 3.8) is 0 Å². The number of aromatic nitrogens is 1. The third-order valence-corrected chi connectivity index (χ3v) is 2.78. The fourth-order valence-corrected chi connectivity index (χ4v) is 1.54. The molecule has 0 radical (unpaired) electrons. The minimum absolute atomic E-state index is 0.216. The first-order chi connectivity index (χ1) is 8.06. The molecule has 4 nitrogen and oxygen atoms in total. The summed E-state index contributed by atoms with van der Waals surface area (Å²) in [7, 11) is 0. The van der Waals surface area contributed by atoms with Gasteiger partial charge < -0.3 is 9.84 Å². The Hall–Kier alpha value is -1.52. The smallest absolute Gasteiger partial charge is 0.277 e. The summed E-state index contributed by atoms with van der Waals surface area (Å²) in [4.78, 5) is 11.7. The second-order valence-electron chi connectivity index (χ2n) is 3.41. The van der Waals surface area contributed by atoms with Crippen molar-refractivity contribution < 1.29 is 9.32 Å². The molecule has 0 aliphatic rings. The highest BCUT2D eigenvalue weighted by Gasteiger charge is 2.11. The molecule has 0 saturated heterocycles. The van der Waals surface area contributed by atoms with Gasteiger partial charge in [0, 0.05) is 11.8 Å². The first-order valence-corrected chi connectivity index (χ1v) is 5.51. The molecule has 0 unspecified atom stereocenters. The number of carbonyl (C=O) groups excluding carboxylic acids is 1. The lowest BCUT2D eigenvalue weighted by atomic mass is 10.3. The highest BCUT2D eigenvalue weighted by Crippen LogP contribution is 2.25. The topological polar surface area (TPSA) is 55.1 Å². The van der Waals surface area contributed by atoms with E-state index in [1.54, 1.807) is 31.2 Å². The van der Waals surface area contributed by atoms with Crippen molar-refractivity contribution in [1.29, 1.82) is 0 Å². The third kappa shape index (κ3) is 2.78. The summed E-state index contributed by atoms with van der Waals surface area (Å²) in [5.74, 6) is 0.213. The molecule has 2 rings (SSSR count). The summed E-state index contributed by atoms with van der Waals surface area (Å²) >= 11 is 11.6. The molecule has 6 heteroatoms. The van der Waals surface area contributed by atoms with Crippen molar-refractivity contribution in [3.8, 4) is 0 Å². The number of benzene rings is 1. The van der Waals surface area contributed by atoms with E-state index in [2.05, 4.69) is 10.5 Å². The second kappa shape index (κ2) is 4.77. The van der Waals surface area contributed by atoms with Crippen molar-refractivity contribution in [3.05, 3.63) is 45.8 Å². The summed E-state index contributed by atoms with van der Waals surface area (Å²) in [6.45, 7) is 1.71. The van der Waals surface area contributed by atoms with Gasteiger partial charge in [-0.05, 0) is 25.1 Å². The Bertz CT molecular complexity index is 566. The third-order valence-electron chi connectivity index (χ3n) is 2.04. The van der Waals surface area contributed by atoms with E-state index in [0.29, 0.717) is 21.5 Å². The van der Waals surface area contributed by atoms with Gasteiger partial charge >= 0.3 is 0 Å². The van der Waals surface area contributed by atoms with Crippen LogP contribution in [0.15, 0.2) is 28.8 Å². The number of nitrogens with one attached hydrogen (secondary N) is 1. The van der Waals surface area contributed by atoms with Crippen LogP contribution < -0.4 is 5.32 Å². The van der Waals surface area contributed by atoms with Gasteiger partial charge in [-0.15, -0.1) is 0 Å². The highest BCUT2D eigenvalue weighted by molar-refractivity contribution is 6.42. The molecule has 0 bridgehead atoms. The molecule has 0 saturated carbocycles. The van der Waals surface area contributed by atoms with E-state index in [0.717, 1.165) is 0 Å². The Balaban J connectivity index is 2.15. The van der Waals surface area contributed by atoms with Crippen LogP contribution in [-0.2, 0) is 0 Å². The van der Waals surface area contributed by atoms with Crippen molar-refractivity contribution in [2.45, 2.75) is 6.92 Å². The number of nitrogens with zero attached hydrogens (tertiary/aromatic N) is 1. The predicted molar refractivity (Wildman–Crippen MR) is 65.7 cm³/mol. The van der Waals surface area contributed by atoms with Crippen LogP contribution in [0.25, 0.3) is 0 Å². The first-order valence-electron chi connectivity index (χ1n) is 4.76. The van der Waals surface area contributed by atoms with Crippen LogP contribution in [0.5, 0.6) is 0 Å². The number of amides is 1. The predicted octanol–water partition coefficient (Wildman–Crippen LogP) is 3.54. The molecule has 1 amide bonds. The number of carbonyl (C=O) groups is 1. The van der Waals surface area contributed by atoms with Gasteiger partial charge in [0.2, 0.25) is 0 Å². The SMILES string of the molecule is Cc1cc(C(=O)Nc2ccc(Cl)c(Cl)c2)no1. The maximum atomic E-state index is 11.7. The van der Waals surface area contributed by atoms with Crippen molar-refractivity contribution >= 4 is 34.8 Å². The Kier molecular flexibility index (Phi) is 3.36. The van der Waals surface area contributed by atoms with Gasteiger partial charge in [0.25, 0.3) is 5.91 Å². The molecule has 0 aliphatic carbocycles. The maximum Gasteiger partial charge on any atom is 0.277 e. The van der Waals surface area contributed by atoms with Crippen LogP contribution in [0.4, 0.5) is 5.69 Å². The minimum Gasteiger partial charge on any atom is -0.361 e. The Morgan fingerprint density at radius 3 is 2.65 bits per heavy atom. The van der Waals surface area contributed by atoms with E-state index in [1.165, 1.54) is 0 Å². The average molecular weight is 271 g/mol. The van der Waals surface area contributed by atoms with E-state index >= 15 is 0 Å². The molecule has 1 N–H and O–H groups in total. The number of rotatable bonds is 2. The fraction of sp³-hybridized carbons (Fsp3) is 0.0909. The molecular formula is C11H8Cl2N2O2. The summed E-state index contributed by atoms with van der Waals surface area (Å²) in [6, 6.07) is 6.37. The van der Waals surface area contributed by atoms with Crippen LogP contribution >= 0.6 is 23.2 Å². The van der Waals surface area contributed by atoms with Gasteiger partial charge in [-0.25, -0.2) is 0 Å². The summed E-state index contributed by atoms with van der Waals surface area (Å²) in [5, 5.41) is 7.05. The van der Waals surface area contributed by atoms with Gasteiger partial charge in [0.15, 0.2) is 5.69 Å². The number of hydrogen-bond acceptors (Lipinski definition) is 3. The molecule has 0 spiro atoms. The number of aryl methyl sites for hydroxylation is 1. The van der Waals surface area contributed by atoms with Gasteiger partial charge in [0.05, 0.1) is 10.0 Å². The van der Waals surface area contributed by atoms with E-state index in [4.69, 9.17) is 27.7 Å². The van der Waals surface area contributed by atoms with Crippen molar-refractivity contribution in [1.82, 2.24) is 5.16 Å². The lowest BCUT2D eigenvalue weighted by molar-refractivity contribution is 0.101. The van der Waals surface area contributed by atoms with Gasteiger partial charge in [-0.3, -0.25) is 4.79 Å². The van der Waals surface area contributed by atoms with E-state index < -0.39 is 0 Å². The molecular weight excluding hydrogens is 263 g/mol. The normalized spacial score (nSPS) is 10.3. The molecule has 0 aliphatic heterocycles. The molecule has 2 aromatic rings. The van der Waals surface area contributed by atoms with Crippen LogP contribution in [0.2, 0.25) is 10.0 Å². The monoisotopic (exact) mass is 270 g/mol. The quantitative estimate of drug-likeness (QED) is 0.908. The summed E-state index contributed by atoms with van der Waals surface area (Å²) < 4.78 is 4.81. The van der Waals surface area contributed by atoms with Gasteiger partial charge in [0.1, 0.15) is 5.76 Å². The zero-order valence-corrected chi connectivity index (χ0v) is 10.3. The minimum atomic E-state index is -0.361. The van der Waals surface area contributed by atoms with Crippen LogP contribution in [0.3, 0.4) is 0 Å². The number of hydrogen-bond donors (Lipinski definition) is 1. The zero-order valence-electron chi connectivity index (χ0n) is 8.83. The average Bonchev–Trinajstić information content (AvgIpc) is 2.70. The van der Waals surface area contributed by atoms with Crippen molar-refractivity contribution in [2.75, 3.05) is 5.32 Å². The lowest BCUT2D eigenvalue weighted by Gasteiger charge is -2.03. The molecule has 1 aromatic heterocycles. The molecule has 0 fully saturated rings. The van der Waals surface area contributed by atoms with Crippen molar-refractivity contribution in [2.24, 2.45) is 0 Å². The van der Waals surface area contributed by atoms with Crippen LogP contribution in [0, 0.1) is 6.92 Å². The number of halogens is 2. The van der Waals surface area contributed by atoms with E-state index in [9.17, 15) is 4.79 Å². The Morgan fingerprint density at radius 1 is 1.29 bits per heavy atom. The molecule has 17 heavy (non-hydrogen) atoms. The standard InChI is InChI=1S/C11H8Cl2N2O2/c1-6-4-10(15-17-6)11(16)14-7-2-3-8(12)9(13)5-7/h2-5H,1H3,(H,14,16). The lowest BCUT2D eigenvalue weighted by Crippen LogP contribution is -2.12. The maximum absolute atomic E-state index is 11.7. The Labute approximate surface area is 108 Å². The van der Waals surface area contributed by atoms with Crippen LogP contribution in [-0.4, -0.2) is 11.1 Å². The van der Waals surface area contributed by atoms with Crippen LogP contribution in [0.1, 0.15) is 16.2 Å². The molecule has 88 valence electrons. The largest absolute Gasteiger partial charge is 0.361 e. The second-order valence-corrected chi connectivity index (χ2v) is 4.22. The highest BCUT2D eigenvalue weighted by atomic mass is 35.5. The molecule has 1 heterocycles. The van der Waals surface area contributed by atoms with Gasteiger partial charge in [-0.2, -0.15) is 0 Å². The van der Waals surface area contributed by atoms with E-state index in [1.807, 2.05) is 0 Å². The zero-order chi connectivity index (χ0) is 12.4. The summed E-state index contributed by atoms with van der Waals surface area (Å²) in [6.07, 6.45) is 0. The van der Waals surface area contributed by atoms with E-state index in [-0.39, 0.29) is 11.6 Å².